The number of aromatic nitrogens is 3. The lowest BCUT2D eigenvalue weighted by molar-refractivity contribution is -0.119. The lowest BCUT2D eigenvalue weighted by atomic mass is 10.2. The Morgan fingerprint density at radius 1 is 1.33 bits per heavy atom. The maximum atomic E-state index is 12.0. The summed E-state index contributed by atoms with van der Waals surface area (Å²) < 4.78 is 7.10. The van der Waals surface area contributed by atoms with Crippen molar-refractivity contribution in [3.05, 3.63) is 35.7 Å². The summed E-state index contributed by atoms with van der Waals surface area (Å²) in [5.74, 6) is 1.94. The third-order valence-corrected chi connectivity index (χ3v) is 3.57. The minimum Gasteiger partial charge on any atom is -0.483 e. The van der Waals surface area contributed by atoms with E-state index < -0.39 is 0 Å². The lowest BCUT2D eigenvalue weighted by Gasteiger charge is -2.11. The maximum absolute atomic E-state index is 12.0. The van der Waals surface area contributed by atoms with Crippen LogP contribution >= 0.6 is 11.8 Å². The van der Waals surface area contributed by atoms with Gasteiger partial charge in [-0.05, 0) is 31.2 Å². The number of rotatable bonds is 6. The highest BCUT2D eigenvalue weighted by molar-refractivity contribution is 7.99. The van der Waals surface area contributed by atoms with E-state index in [1.165, 1.54) is 11.8 Å². The minimum atomic E-state index is -0.251. The van der Waals surface area contributed by atoms with E-state index in [4.69, 9.17) is 4.74 Å². The fraction of sp³-hybridized carbons (Fsp3) is 0.357. The van der Waals surface area contributed by atoms with Gasteiger partial charge in [0.2, 0.25) is 5.16 Å². The van der Waals surface area contributed by atoms with E-state index in [0.717, 1.165) is 11.3 Å². The number of aryl methyl sites for hydroxylation is 2. The van der Waals surface area contributed by atoms with Gasteiger partial charge in [-0.1, -0.05) is 36.9 Å². The molecule has 0 saturated heterocycles. The van der Waals surface area contributed by atoms with Crippen LogP contribution in [0.3, 0.4) is 0 Å². The number of para-hydroxylation sites is 1. The van der Waals surface area contributed by atoms with Crippen LogP contribution in [-0.4, -0.2) is 33.1 Å². The summed E-state index contributed by atoms with van der Waals surface area (Å²) in [6, 6.07) is 7.58. The second-order valence-electron chi connectivity index (χ2n) is 4.39. The van der Waals surface area contributed by atoms with E-state index in [0.29, 0.717) is 16.7 Å². The Morgan fingerprint density at radius 2 is 2.10 bits per heavy atom. The molecule has 2 aromatic rings. The number of hydrogen-bond donors (Lipinski definition) is 1. The average molecular weight is 306 g/mol. The van der Waals surface area contributed by atoms with Crippen molar-refractivity contribution in [2.75, 3.05) is 17.8 Å². The normalized spacial score (nSPS) is 10.4. The number of thioether (sulfide) groups is 1. The molecule has 1 amide bonds. The summed E-state index contributed by atoms with van der Waals surface area (Å²) in [5.41, 5.74) is 3.73. The zero-order valence-corrected chi connectivity index (χ0v) is 13.1. The van der Waals surface area contributed by atoms with Gasteiger partial charge in [0.1, 0.15) is 11.6 Å². The fourth-order valence-electron chi connectivity index (χ4n) is 1.71. The van der Waals surface area contributed by atoms with E-state index in [1.807, 2.05) is 38.1 Å². The Hall–Kier alpha value is -2.02. The van der Waals surface area contributed by atoms with Crippen molar-refractivity contribution < 1.29 is 9.53 Å². The maximum Gasteiger partial charge on any atom is 0.276 e. The molecule has 1 heterocycles. The Morgan fingerprint density at radius 3 is 2.81 bits per heavy atom. The molecule has 0 unspecified atom stereocenters. The topological polar surface area (TPSA) is 69.0 Å². The summed E-state index contributed by atoms with van der Waals surface area (Å²) in [7, 11) is 0. The number of nitrogens with one attached hydrogen (secondary N) is 1. The molecule has 0 spiro atoms. The van der Waals surface area contributed by atoms with Gasteiger partial charge in [0.15, 0.2) is 6.61 Å². The molecule has 1 aromatic heterocycles. The predicted molar refractivity (Wildman–Crippen MR) is 82.2 cm³/mol. The zero-order chi connectivity index (χ0) is 15.2. The van der Waals surface area contributed by atoms with Gasteiger partial charge in [-0.2, -0.15) is 0 Å². The monoisotopic (exact) mass is 306 g/mol. The summed E-state index contributed by atoms with van der Waals surface area (Å²) in [6.07, 6.45) is 0. The first-order chi connectivity index (χ1) is 10.1. The Kier molecular flexibility index (Phi) is 5.21. The smallest absolute Gasteiger partial charge is 0.276 e. The van der Waals surface area contributed by atoms with Crippen molar-refractivity contribution in [2.45, 2.75) is 25.9 Å². The van der Waals surface area contributed by atoms with Gasteiger partial charge >= 0.3 is 0 Å². The molecular weight excluding hydrogens is 288 g/mol. The highest BCUT2D eigenvalue weighted by Crippen LogP contribution is 2.16. The van der Waals surface area contributed by atoms with Gasteiger partial charge in [0.05, 0.1) is 0 Å². The molecule has 21 heavy (non-hydrogen) atoms. The van der Waals surface area contributed by atoms with Gasteiger partial charge in [-0.3, -0.25) is 10.2 Å². The molecule has 2 rings (SSSR count). The van der Waals surface area contributed by atoms with E-state index in [-0.39, 0.29) is 12.5 Å². The quantitative estimate of drug-likeness (QED) is 0.828. The van der Waals surface area contributed by atoms with Crippen molar-refractivity contribution in [1.29, 1.82) is 0 Å². The van der Waals surface area contributed by atoms with Crippen molar-refractivity contribution >= 4 is 17.7 Å². The van der Waals surface area contributed by atoms with Crippen molar-refractivity contribution in [3.8, 4) is 5.75 Å². The molecule has 1 N–H and O–H groups in total. The molecule has 0 fully saturated rings. The first-order valence-corrected chi connectivity index (χ1v) is 7.63. The molecule has 0 saturated carbocycles. The second kappa shape index (κ2) is 7.12. The lowest BCUT2D eigenvalue weighted by Crippen LogP contribution is -2.29. The number of carbonyl (C=O) groups is 1. The molecule has 0 radical (unpaired) electrons. The molecule has 6 nitrogen and oxygen atoms in total. The van der Waals surface area contributed by atoms with Crippen molar-refractivity contribution in [2.24, 2.45) is 0 Å². The summed E-state index contributed by atoms with van der Waals surface area (Å²) in [4.78, 5) is 12.0. The van der Waals surface area contributed by atoms with Gasteiger partial charge in [-0.25, -0.2) is 4.68 Å². The number of benzene rings is 1. The van der Waals surface area contributed by atoms with Crippen LogP contribution in [0.5, 0.6) is 5.75 Å². The van der Waals surface area contributed by atoms with Gasteiger partial charge in [-0.15, -0.1) is 10.2 Å². The minimum absolute atomic E-state index is 0.0568. The van der Waals surface area contributed by atoms with Gasteiger partial charge in [0, 0.05) is 0 Å². The third-order valence-electron chi connectivity index (χ3n) is 2.76. The highest BCUT2D eigenvalue weighted by Gasteiger charge is 2.12. The zero-order valence-electron chi connectivity index (χ0n) is 12.3. The van der Waals surface area contributed by atoms with Gasteiger partial charge in [0.25, 0.3) is 5.91 Å². The van der Waals surface area contributed by atoms with Gasteiger partial charge < -0.3 is 4.74 Å². The molecule has 7 heteroatoms. The molecule has 0 aliphatic carbocycles. The number of carbonyl (C=O) groups excluding carboxylic acids is 1. The number of amides is 1. The van der Waals surface area contributed by atoms with E-state index in [9.17, 15) is 4.79 Å². The van der Waals surface area contributed by atoms with Crippen LogP contribution in [0.2, 0.25) is 0 Å². The van der Waals surface area contributed by atoms with Crippen molar-refractivity contribution in [1.82, 2.24) is 14.9 Å². The van der Waals surface area contributed by atoms with Crippen LogP contribution < -0.4 is 10.2 Å². The molecule has 0 bridgehead atoms. The summed E-state index contributed by atoms with van der Waals surface area (Å²) in [5, 5.41) is 8.63. The van der Waals surface area contributed by atoms with Crippen LogP contribution in [-0.2, 0) is 4.79 Å². The highest BCUT2D eigenvalue weighted by atomic mass is 32.2. The first-order valence-electron chi connectivity index (χ1n) is 6.65. The molecule has 0 aliphatic rings. The molecule has 0 aliphatic heterocycles. The van der Waals surface area contributed by atoms with Crippen LogP contribution in [0.25, 0.3) is 0 Å². The molecule has 112 valence electrons. The number of hydrogen-bond acceptors (Lipinski definition) is 5. The Bertz CT molecular complexity index is 627. The van der Waals surface area contributed by atoms with E-state index in [1.54, 1.807) is 11.6 Å². The predicted octanol–water partition coefficient (Wildman–Crippen LogP) is 2.16. The largest absolute Gasteiger partial charge is 0.483 e. The standard InChI is InChI=1S/C14H18N4O2S/c1-4-21-14-16-15-11(3)18(14)17-13(19)9-20-12-8-6-5-7-10(12)2/h5-8H,4,9H2,1-3H3,(H,17,19). The van der Waals surface area contributed by atoms with Crippen LogP contribution in [0, 0.1) is 13.8 Å². The number of ether oxygens (including phenoxy) is 1. The first kappa shape index (κ1) is 15.4. The Labute approximate surface area is 127 Å². The molecule has 1 aromatic carbocycles. The fourth-order valence-corrected chi connectivity index (χ4v) is 2.38. The van der Waals surface area contributed by atoms with Crippen molar-refractivity contribution in [3.63, 3.8) is 0 Å². The summed E-state index contributed by atoms with van der Waals surface area (Å²) >= 11 is 1.52. The van der Waals surface area contributed by atoms with E-state index in [2.05, 4.69) is 15.6 Å². The van der Waals surface area contributed by atoms with Crippen LogP contribution in [0.4, 0.5) is 0 Å². The van der Waals surface area contributed by atoms with E-state index >= 15 is 0 Å². The molecular formula is C14H18N4O2S. The van der Waals surface area contributed by atoms with Crippen LogP contribution in [0.15, 0.2) is 29.4 Å². The average Bonchev–Trinajstić information content (AvgIpc) is 2.80. The molecule has 0 atom stereocenters. The summed E-state index contributed by atoms with van der Waals surface area (Å²) in [6.45, 7) is 5.68. The third kappa shape index (κ3) is 3.98. The number of nitrogens with zero attached hydrogens (tertiary/aromatic N) is 3. The SMILES string of the molecule is CCSc1nnc(C)n1NC(=O)COc1ccccc1C. The Balaban J connectivity index is 1.96. The van der Waals surface area contributed by atoms with Crippen LogP contribution in [0.1, 0.15) is 18.3 Å². The second-order valence-corrected chi connectivity index (χ2v) is 5.62.